The minimum atomic E-state index is -0.986. The molecule has 7 nitrogen and oxygen atoms in total. The first-order valence-corrected chi connectivity index (χ1v) is 9.95. The van der Waals surface area contributed by atoms with Gasteiger partial charge in [-0.25, -0.2) is 13.2 Å². The van der Waals surface area contributed by atoms with Crippen LogP contribution in [0.15, 0.2) is 39.6 Å². The fourth-order valence-corrected chi connectivity index (χ4v) is 3.71. The molecule has 0 radical (unpaired) electrons. The SMILES string of the molecule is N#Cc1cc(F)c(CN(Cc2nnc(N)o2)C(=O)CSc2cccc(F)c2Cl)c(F)c1. The molecule has 160 valence electrons. The number of rotatable bonds is 7. The first-order chi connectivity index (χ1) is 14.8. The Morgan fingerprint density at radius 1 is 1.19 bits per heavy atom. The van der Waals surface area contributed by atoms with Gasteiger partial charge in [0, 0.05) is 10.5 Å². The van der Waals surface area contributed by atoms with E-state index in [9.17, 15) is 18.0 Å². The molecule has 2 N–H and O–H groups in total. The second-order valence-corrected chi connectivity index (χ2v) is 7.55. The maximum atomic E-state index is 14.3. The molecule has 0 aliphatic rings. The first kappa shape index (κ1) is 22.5. The number of nitriles is 1. The van der Waals surface area contributed by atoms with Crippen LogP contribution >= 0.6 is 23.4 Å². The van der Waals surface area contributed by atoms with Crippen molar-refractivity contribution in [3.63, 3.8) is 0 Å². The predicted octanol–water partition coefficient (Wildman–Crippen LogP) is 3.92. The average Bonchev–Trinajstić information content (AvgIpc) is 3.15. The average molecular weight is 468 g/mol. The van der Waals surface area contributed by atoms with Crippen LogP contribution in [0.3, 0.4) is 0 Å². The number of carbonyl (C=O) groups is 1. The minimum Gasteiger partial charge on any atom is -0.406 e. The number of nitrogens with zero attached hydrogens (tertiary/aromatic N) is 4. The number of carbonyl (C=O) groups excluding carboxylic acids is 1. The lowest BCUT2D eigenvalue weighted by atomic mass is 10.1. The number of amides is 1. The molecular weight excluding hydrogens is 455 g/mol. The van der Waals surface area contributed by atoms with E-state index in [2.05, 4.69) is 10.2 Å². The van der Waals surface area contributed by atoms with Crippen molar-refractivity contribution in [2.75, 3.05) is 11.5 Å². The molecule has 0 fully saturated rings. The zero-order chi connectivity index (χ0) is 22.5. The van der Waals surface area contributed by atoms with Crippen LogP contribution in [0.1, 0.15) is 17.0 Å². The van der Waals surface area contributed by atoms with Crippen molar-refractivity contribution in [1.82, 2.24) is 15.1 Å². The number of nitrogen functional groups attached to an aromatic ring is 1. The smallest absolute Gasteiger partial charge is 0.312 e. The van der Waals surface area contributed by atoms with Gasteiger partial charge < -0.3 is 15.1 Å². The van der Waals surface area contributed by atoms with E-state index in [1.807, 2.05) is 0 Å². The van der Waals surface area contributed by atoms with Gasteiger partial charge in [-0.05, 0) is 24.3 Å². The van der Waals surface area contributed by atoms with Crippen LogP contribution in [-0.2, 0) is 17.9 Å². The number of nitrogens with two attached hydrogens (primary N) is 1. The maximum absolute atomic E-state index is 14.3. The van der Waals surface area contributed by atoms with Gasteiger partial charge in [0.15, 0.2) is 0 Å². The molecule has 1 amide bonds. The molecule has 3 aromatic rings. The molecule has 31 heavy (non-hydrogen) atoms. The Labute approximate surface area is 183 Å². The van der Waals surface area contributed by atoms with Gasteiger partial charge in [0.05, 0.1) is 35.5 Å². The van der Waals surface area contributed by atoms with Crippen LogP contribution in [0.25, 0.3) is 0 Å². The van der Waals surface area contributed by atoms with E-state index in [4.69, 9.17) is 27.0 Å². The molecule has 12 heteroatoms. The van der Waals surface area contributed by atoms with Crippen molar-refractivity contribution in [2.24, 2.45) is 0 Å². The van der Waals surface area contributed by atoms with Gasteiger partial charge in [-0.3, -0.25) is 4.79 Å². The fraction of sp³-hybridized carbons (Fsp3) is 0.158. The van der Waals surface area contributed by atoms with Gasteiger partial charge in [0.25, 0.3) is 0 Å². The Hall–Kier alpha value is -3.23. The first-order valence-electron chi connectivity index (χ1n) is 8.59. The second kappa shape index (κ2) is 9.72. The van der Waals surface area contributed by atoms with E-state index < -0.39 is 35.5 Å². The summed E-state index contributed by atoms with van der Waals surface area (Å²) in [5.41, 5.74) is 4.76. The van der Waals surface area contributed by atoms with Gasteiger partial charge in [0.2, 0.25) is 11.8 Å². The lowest BCUT2D eigenvalue weighted by molar-refractivity contribution is -0.130. The molecule has 0 bridgehead atoms. The topological polar surface area (TPSA) is 109 Å². The quantitative estimate of drug-likeness (QED) is 0.524. The third kappa shape index (κ3) is 5.48. The Morgan fingerprint density at radius 3 is 2.52 bits per heavy atom. The maximum Gasteiger partial charge on any atom is 0.312 e. The predicted molar refractivity (Wildman–Crippen MR) is 106 cm³/mol. The van der Waals surface area contributed by atoms with E-state index >= 15 is 0 Å². The molecular formula is C19H13ClF3N5O2S. The molecule has 0 atom stereocenters. The van der Waals surface area contributed by atoms with Crippen LogP contribution < -0.4 is 5.73 Å². The molecule has 1 aromatic heterocycles. The van der Waals surface area contributed by atoms with Crippen molar-refractivity contribution in [1.29, 1.82) is 5.26 Å². The third-order valence-electron chi connectivity index (χ3n) is 4.05. The zero-order valence-electron chi connectivity index (χ0n) is 15.6. The van der Waals surface area contributed by atoms with Crippen molar-refractivity contribution < 1.29 is 22.4 Å². The van der Waals surface area contributed by atoms with Gasteiger partial charge in [-0.15, -0.1) is 16.9 Å². The molecule has 0 spiro atoms. The number of anilines is 1. The van der Waals surface area contributed by atoms with Crippen LogP contribution in [0, 0.1) is 28.8 Å². The summed E-state index contributed by atoms with van der Waals surface area (Å²) in [6.45, 7) is -0.763. The molecule has 0 aliphatic heterocycles. The number of hydrogen-bond acceptors (Lipinski definition) is 7. The zero-order valence-corrected chi connectivity index (χ0v) is 17.2. The van der Waals surface area contributed by atoms with E-state index in [1.165, 1.54) is 18.2 Å². The van der Waals surface area contributed by atoms with Gasteiger partial charge in [0.1, 0.15) is 17.5 Å². The Kier molecular flexibility index (Phi) is 7.04. The molecule has 2 aromatic carbocycles. The van der Waals surface area contributed by atoms with Crippen LogP contribution in [0.4, 0.5) is 19.2 Å². The number of halogens is 4. The van der Waals surface area contributed by atoms with Crippen molar-refractivity contribution in [2.45, 2.75) is 18.0 Å². The van der Waals surface area contributed by atoms with Gasteiger partial charge in [-0.1, -0.05) is 22.8 Å². The number of thioether (sulfide) groups is 1. The summed E-state index contributed by atoms with van der Waals surface area (Å²) >= 11 is 6.85. The largest absolute Gasteiger partial charge is 0.406 e. The van der Waals surface area contributed by atoms with Crippen molar-refractivity contribution in [3.8, 4) is 6.07 Å². The third-order valence-corrected chi connectivity index (χ3v) is 5.59. The van der Waals surface area contributed by atoms with E-state index in [-0.39, 0.29) is 34.8 Å². The molecule has 1 heterocycles. The molecule has 0 unspecified atom stereocenters. The summed E-state index contributed by atoms with van der Waals surface area (Å²) in [6.07, 6.45) is 0. The Morgan fingerprint density at radius 2 is 1.90 bits per heavy atom. The van der Waals surface area contributed by atoms with E-state index in [1.54, 1.807) is 6.07 Å². The number of hydrogen-bond donors (Lipinski definition) is 1. The second-order valence-electron chi connectivity index (χ2n) is 6.15. The summed E-state index contributed by atoms with van der Waals surface area (Å²) in [6, 6.07) is 7.30. The van der Waals surface area contributed by atoms with E-state index in [0.717, 1.165) is 28.8 Å². The van der Waals surface area contributed by atoms with Gasteiger partial charge in [-0.2, -0.15) is 5.26 Å². The fourth-order valence-electron chi connectivity index (χ4n) is 2.56. The summed E-state index contributed by atoms with van der Waals surface area (Å²) in [7, 11) is 0. The highest BCUT2D eigenvalue weighted by Gasteiger charge is 2.22. The highest BCUT2D eigenvalue weighted by atomic mass is 35.5. The molecule has 3 rings (SSSR count). The molecule has 0 saturated carbocycles. The molecule has 0 saturated heterocycles. The van der Waals surface area contributed by atoms with Crippen molar-refractivity contribution >= 4 is 35.3 Å². The minimum absolute atomic E-state index is 0.0471. The summed E-state index contributed by atoms with van der Waals surface area (Å²) in [5, 5.41) is 15.8. The van der Waals surface area contributed by atoms with Crippen LogP contribution in [-0.4, -0.2) is 26.8 Å². The normalized spacial score (nSPS) is 10.7. The number of benzene rings is 2. The summed E-state index contributed by atoms with van der Waals surface area (Å²) < 4.78 is 47.3. The summed E-state index contributed by atoms with van der Waals surface area (Å²) in [4.78, 5) is 14.2. The Balaban J connectivity index is 1.83. The van der Waals surface area contributed by atoms with Crippen molar-refractivity contribution in [3.05, 3.63) is 69.8 Å². The lowest BCUT2D eigenvalue weighted by Crippen LogP contribution is -2.32. The lowest BCUT2D eigenvalue weighted by Gasteiger charge is -2.22. The van der Waals surface area contributed by atoms with Crippen LogP contribution in [0.5, 0.6) is 0 Å². The number of aromatic nitrogens is 2. The van der Waals surface area contributed by atoms with Gasteiger partial charge >= 0.3 is 6.01 Å². The standard InChI is InChI=1S/C19H13ClF3N5O2S/c20-18-12(21)2-1-3-15(18)31-9-17(29)28(8-16-26-27-19(25)30-16)7-11-13(22)4-10(6-24)5-14(11)23/h1-5H,7-9H2,(H2,25,27). The van der Waals surface area contributed by atoms with Crippen LogP contribution in [0.2, 0.25) is 5.02 Å². The monoisotopic (exact) mass is 467 g/mol. The highest BCUT2D eigenvalue weighted by Crippen LogP contribution is 2.29. The highest BCUT2D eigenvalue weighted by molar-refractivity contribution is 8.00. The Bertz CT molecular complexity index is 1140. The molecule has 0 aliphatic carbocycles. The summed E-state index contributed by atoms with van der Waals surface area (Å²) in [5.74, 6) is -3.44. The van der Waals surface area contributed by atoms with E-state index in [0.29, 0.717) is 4.90 Å².